The van der Waals surface area contributed by atoms with Gasteiger partial charge in [0.25, 0.3) is 0 Å². The van der Waals surface area contributed by atoms with Crippen molar-refractivity contribution in [3.05, 3.63) is 56.9 Å². The van der Waals surface area contributed by atoms with E-state index >= 15 is 0 Å². The number of sulfonamides is 1. The van der Waals surface area contributed by atoms with Crippen molar-refractivity contribution in [3.63, 3.8) is 0 Å². The monoisotopic (exact) mass is 401 g/mol. The summed E-state index contributed by atoms with van der Waals surface area (Å²) in [5, 5.41) is 7.22. The highest BCUT2D eigenvalue weighted by atomic mass is 32.2. The van der Waals surface area contributed by atoms with E-state index in [1.165, 1.54) is 16.9 Å². The van der Waals surface area contributed by atoms with E-state index in [9.17, 15) is 8.42 Å². The SMILES string of the molecule is Cc1cc(-c2c(C)sc(C)c2S(=O)(=O)NC2CCCc3ccccc32)n[nH]1. The van der Waals surface area contributed by atoms with Crippen LogP contribution < -0.4 is 4.72 Å². The molecule has 3 aromatic rings. The molecule has 142 valence electrons. The van der Waals surface area contributed by atoms with Gasteiger partial charge in [-0.1, -0.05) is 24.3 Å². The second kappa shape index (κ2) is 6.89. The Labute approximate surface area is 163 Å². The lowest BCUT2D eigenvalue weighted by atomic mass is 9.88. The number of rotatable bonds is 4. The van der Waals surface area contributed by atoms with Gasteiger partial charge in [0.15, 0.2) is 0 Å². The number of aromatic amines is 1. The summed E-state index contributed by atoms with van der Waals surface area (Å²) in [7, 11) is -3.68. The maximum absolute atomic E-state index is 13.4. The summed E-state index contributed by atoms with van der Waals surface area (Å²) in [5.74, 6) is 0. The molecule has 0 radical (unpaired) electrons. The Morgan fingerprint density at radius 1 is 1.19 bits per heavy atom. The van der Waals surface area contributed by atoms with E-state index in [1.807, 2.05) is 45.0 Å². The Kier molecular flexibility index (Phi) is 4.70. The van der Waals surface area contributed by atoms with Crippen LogP contribution in [0.2, 0.25) is 0 Å². The molecule has 1 aliphatic carbocycles. The first kappa shape index (κ1) is 18.4. The Bertz CT molecular complexity index is 1100. The number of hydrogen-bond acceptors (Lipinski definition) is 4. The van der Waals surface area contributed by atoms with Crippen LogP contribution in [0.3, 0.4) is 0 Å². The fourth-order valence-electron chi connectivity index (χ4n) is 3.95. The van der Waals surface area contributed by atoms with Gasteiger partial charge in [-0.3, -0.25) is 5.10 Å². The highest BCUT2D eigenvalue weighted by molar-refractivity contribution is 7.89. The van der Waals surface area contributed by atoms with E-state index in [0.717, 1.165) is 40.3 Å². The maximum atomic E-state index is 13.4. The van der Waals surface area contributed by atoms with Gasteiger partial charge in [-0.05, 0) is 57.2 Å². The fourth-order valence-corrected chi connectivity index (χ4v) is 7.08. The van der Waals surface area contributed by atoms with E-state index in [4.69, 9.17) is 0 Å². The van der Waals surface area contributed by atoms with Crippen molar-refractivity contribution in [2.24, 2.45) is 0 Å². The molecule has 2 aromatic heterocycles. The second-order valence-electron chi connectivity index (χ2n) is 7.12. The average Bonchev–Trinajstić information content (AvgIpc) is 3.17. The molecule has 0 saturated heterocycles. The summed E-state index contributed by atoms with van der Waals surface area (Å²) < 4.78 is 29.8. The van der Waals surface area contributed by atoms with Crippen LogP contribution >= 0.6 is 11.3 Å². The van der Waals surface area contributed by atoms with Gasteiger partial charge in [0.2, 0.25) is 10.0 Å². The molecule has 1 aromatic carbocycles. The second-order valence-corrected chi connectivity index (χ2v) is 10.2. The van der Waals surface area contributed by atoms with Crippen LogP contribution in [0.15, 0.2) is 35.2 Å². The molecule has 0 amide bonds. The summed E-state index contributed by atoms with van der Waals surface area (Å²) in [5.41, 5.74) is 4.62. The summed E-state index contributed by atoms with van der Waals surface area (Å²) in [4.78, 5) is 2.11. The fraction of sp³-hybridized carbons (Fsp3) is 0.350. The van der Waals surface area contributed by atoms with Crippen molar-refractivity contribution < 1.29 is 8.42 Å². The third-order valence-electron chi connectivity index (χ3n) is 5.10. The summed E-state index contributed by atoms with van der Waals surface area (Å²) >= 11 is 1.50. The Hall–Kier alpha value is -1.96. The molecule has 0 spiro atoms. The largest absolute Gasteiger partial charge is 0.282 e. The molecular weight excluding hydrogens is 378 g/mol. The molecule has 27 heavy (non-hydrogen) atoms. The maximum Gasteiger partial charge on any atom is 0.242 e. The Morgan fingerprint density at radius 3 is 2.70 bits per heavy atom. The number of benzene rings is 1. The van der Waals surface area contributed by atoms with Crippen molar-refractivity contribution in [2.45, 2.75) is 51.0 Å². The van der Waals surface area contributed by atoms with Crippen molar-refractivity contribution in [3.8, 4) is 11.3 Å². The van der Waals surface area contributed by atoms with Crippen LogP contribution in [-0.2, 0) is 16.4 Å². The number of nitrogens with zero attached hydrogens (tertiary/aromatic N) is 1. The summed E-state index contributed by atoms with van der Waals surface area (Å²) in [6, 6.07) is 9.82. The zero-order valence-corrected chi connectivity index (χ0v) is 17.3. The Morgan fingerprint density at radius 2 is 1.96 bits per heavy atom. The molecule has 5 nitrogen and oxygen atoms in total. The highest BCUT2D eigenvalue weighted by Gasteiger charge is 2.31. The first-order valence-electron chi connectivity index (χ1n) is 9.09. The minimum atomic E-state index is -3.68. The quantitative estimate of drug-likeness (QED) is 0.679. The van der Waals surface area contributed by atoms with Gasteiger partial charge in [0.1, 0.15) is 4.90 Å². The minimum absolute atomic E-state index is 0.187. The van der Waals surface area contributed by atoms with E-state index < -0.39 is 10.0 Å². The molecule has 1 atom stereocenters. The van der Waals surface area contributed by atoms with Crippen LogP contribution in [0.5, 0.6) is 0 Å². The predicted molar refractivity (Wildman–Crippen MR) is 109 cm³/mol. The van der Waals surface area contributed by atoms with Crippen molar-refractivity contribution >= 4 is 21.4 Å². The predicted octanol–water partition coefficient (Wildman–Crippen LogP) is 4.42. The zero-order chi connectivity index (χ0) is 19.2. The average molecular weight is 402 g/mol. The molecule has 0 aliphatic heterocycles. The lowest BCUT2D eigenvalue weighted by molar-refractivity contribution is 0.507. The van der Waals surface area contributed by atoms with E-state index in [2.05, 4.69) is 21.0 Å². The van der Waals surface area contributed by atoms with E-state index in [0.29, 0.717) is 16.2 Å². The van der Waals surface area contributed by atoms with Crippen LogP contribution in [0, 0.1) is 20.8 Å². The smallest absolute Gasteiger partial charge is 0.242 e. The number of aromatic nitrogens is 2. The van der Waals surface area contributed by atoms with Crippen molar-refractivity contribution in [2.75, 3.05) is 0 Å². The van der Waals surface area contributed by atoms with Gasteiger partial charge >= 0.3 is 0 Å². The molecule has 4 rings (SSSR count). The summed E-state index contributed by atoms with van der Waals surface area (Å²) in [6.45, 7) is 5.73. The number of fused-ring (bicyclic) bond motifs is 1. The van der Waals surface area contributed by atoms with Crippen LogP contribution in [0.25, 0.3) is 11.3 Å². The summed E-state index contributed by atoms with van der Waals surface area (Å²) in [6.07, 6.45) is 2.80. The number of hydrogen-bond donors (Lipinski definition) is 2. The molecule has 2 N–H and O–H groups in total. The number of H-pyrrole nitrogens is 1. The Balaban J connectivity index is 1.76. The van der Waals surface area contributed by atoms with Gasteiger partial charge < -0.3 is 0 Å². The lowest BCUT2D eigenvalue weighted by Gasteiger charge is -2.26. The van der Waals surface area contributed by atoms with Crippen molar-refractivity contribution in [1.82, 2.24) is 14.9 Å². The standard InChI is InChI=1S/C20H23N3O2S2/c1-12-11-18(22-21-12)19-13(2)26-14(3)20(19)27(24,25)23-17-10-6-8-15-7-4-5-9-16(15)17/h4-5,7,9,11,17,23H,6,8,10H2,1-3H3,(H,21,22). The topological polar surface area (TPSA) is 74.8 Å². The molecule has 2 heterocycles. The van der Waals surface area contributed by atoms with Gasteiger partial charge in [0, 0.05) is 27.1 Å². The highest BCUT2D eigenvalue weighted by Crippen LogP contribution is 2.39. The molecule has 0 bridgehead atoms. The van der Waals surface area contributed by atoms with Crippen LogP contribution in [0.1, 0.15) is 45.5 Å². The van der Waals surface area contributed by atoms with Crippen molar-refractivity contribution in [1.29, 1.82) is 0 Å². The third-order valence-corrected chi connectivity index (χ3v) is 7.90. The normalized spacial score (nSPS) is 17.1. The molecule has 1 unspecified atom stereocenters. The number of thiophene rings is 1. The zero-order valence-electron chi connectivity index (χ0n) is 15.7. The number of nitrogens with one attached hydrogen (secondary N) is 2. The van der Waals surface area contributed by atoms with E-state index in [-0.39, 0.29) is 6.04 Å². The van der Waals surface area contributed by atoms with Gasteiger partial charge in [-0.2, -0.15) is 5.10 Å². The minimum Gasteiger partial charge on any atom is -0.282 e. The van der Waals surface area contributed by atoms with Crippen LogP contribution in [0.4, 0.5) is 0 Å². The molecule has 0 saturated carbocycles. The molecule has 0 fully saturated rings. The van der Waals surface area contributed by atoms with Gasteiger partial charge in [0.05, 0.1) is 5.69 Å². The molecule has 7 heteroatoms. The third kappa shape index (κ3) is 3.35. The van der Waals surface area contributed by atoms with Gasteiger partial charge in [-0.25, -0.2) is 13.1 Å². The van der Waals surface area contributed by atoms with Gasteiger partial charge in [-0.15, -0.1) is 11.3 Å². The van der Waals surface area contributed by atoms with Crippen LogP contribution in [-0.4, -0.2) is 18.6 Å². The lowest BCUT2D eigenvalue weighted by Crippen LogP contribution is -2.31. The van der Waals surface area contributed by atoms with E-state index in [1.54, 1.807) is 0 Å². The molecular formula is C20H23N3O2S2. The number of aryl methyl sites for hydroxylation is 4. The molecule has 1 aliphatic rings. The first-order chi connectivity index (χ1) is 12.9. The first-order valence-corrected chi connectivity index (χ1v) is 11.4.